The second kappa shape index (κ2) is 5.95. The molecule has 0 aliphatic rings. The van der Waals surface area contributed by atoms with Gasteiger partial charge in [0, 0.05) is 5.56 Å². The monoisotopic (exact) mass is 258 g/mol. The predicted octanol–water partition coefficient (Wildman–Crippen LogP) is 2.31. The molecular weight excluding hydrogens is 244 g/mol. The van der Waals surface area contributed by atoms with Crippen LogP contribution in [0.1, 0.15) is 12.0 Å². The van der Waals surface area contributed by atoms with Gasteiger partial charge < -0.3 is 9.84 Å². The van der Waals surface area contributed by atoms with E-state index in [9.17, 15) is 4.79 Å². The number of carboxylic acids is 1. The molecule has 0 spiro atoms. The van der Waals surface area contributed by atoms with Crippen LogP contribution in [0.3, 0.4) is 0 Å². The first-order valence-electron chi connectivity index (χ1n) is 5.89. The molecule has 0 saturated heterocycles. The lowest BCUT2D eigenvalue weighted by molar-refractivity contribution is -0.137. The lowest BCUT2D eigenvalue weighted by Crippen LogP contribution is -2.05. The minimum atomic E-state index is -0.891. The van der Waals surface area contributed by atoms with E-state index in [-0.39, 0.29) is 13.0 Å². The summed E-state index contributed by atoms with van der Waals surface area (Å²) in [5.41, 5.74) is 2.08. The first-order chi connectivity index (χ1) is 9.15. The van der Waals surface area contributed by atoms with E-state index in [1.54, 1.807) is 12.4 Å². The molecular formula is C14H14N2O3. The number of rotatable bonds is 5. The van der Waals surface area contributed by atoms with Gasteiger partial charge in [-0.15, -0.1) is 0 Å². The van der Waals surface area contributed by atoms with Crippen LogP contribution in [0.25, 0.3) is 11.4 Å². The molecule has 0 saturated carbocycles. The first kappa shape index (κ1) is 13.0. The normalized spacial score (nSPS) is 10.2. The number of carboxylic acid groups (broad SMARTS) is 1. The second-order valence-electron chi connectivity index (χ2n) is 4.10. The molecule has 2 rings (SSSR count). The van der Waals surface area contributed by atoms with Crippen LogP contribution >= 0.6 is 0 Å². The van der Waals surface area contributed by atoms with Gasteiger partial charge in [0.1, 0.15) is 0 Å². The van der Waals surface area contributed by atoms with Crippen molar-refractivity contribution in [2.75, 3.05) is 6.61 Å². The molecule has 1 aromatic carbocycles. The Labute approximate surface area is 110 Å². The zero-order chi connectivity index (χ0) is 13.7. The van der Waals surface area contributed by atoms with Crippen molar-refractivity contribution >= 4 is 5.97 Å². The third kappa shape index (κ3) is 3.77. The molecule has 0 unspecified atom stereocenters. The Morgan fingerprint density at radius 3 is 2.68 bits per heavy atom. The molecule has 1 aromatic heterocycles. The van der Waals surface area contributed by atoms with E-state index in [0.717, 1.165) is 11.1 Å². The lowest BCUT2D eigenvalue weighted by Gasteiger charge is -2.05. The molecule has 5 heteroatoms. The van der Waals surface area contributed by atoms with E-state index < -0.39 is 5.97 Å². The Balaban J connectivity index is 2.04. The van der Waals surface area contributed by atoms with Crippen LogP contribution < -0.4 is 4.74 Å². The standard InChI is InChI=1S/C14H14N2O3/c1-10-3-2-4-11(7-10)14-15-8-12(9-16-14)19-6-5-13(17)18/h2-4,7-9H,5-6H2,1H3,(H,17,18). The van der Waals surface area contributed by atoms with E-state index in [1.807, 2.05) is 31.2 Å². The molecule has 0 radical (unpaired) electrons. The van der Waals surface area contributed by atoms with Crippen molar-refractivity contribution in [1.82, 2.24) is 9.97 Å². The number of aryl methyl sites for hydroxylation is 1. The van der Waals surface area contributed by atoms with Crippen LogP contribution in [-0.2, 0) is 4.79 Å². The summed E-state index contributed by atoms with van der Waals surface area (Å²) in [4.78, 5) is 18.8. The molecule has 0 aliphatic carbocycles. The van der Waals surface area contributed by atoms with E-state index in [4.69, 9.17) is 9.84 Å². The summed E-state index contributed by atoms with van der Waals surface area (Å²) in [5.74, 6) is 0.198. The molecule has 0 atom stereocenters. The summed E-state index contributed by atoms with van der Waals surface area (Å²) in [7, 11) is 0. The number of aromatic nitrogens is 2. The van der Waals surface area contributed by atoms with Crippen molar-refractivity contribution in [3.63, 3.8) is 0 Å². The number of hydrogen-bond donors (Lipinski definition) is 1. The quantitative estimate of drug-likeness (QED) is 0.890. The maximum atomic E-state index is 10.3. The average molecular weight is 258 g/mol. The van der Waals surface area contributed by atoms with Gasteiger partial charge >= 0.3 is 5.97 Å². The molecule has 1 heterocycles. The summed E-state index contributed by atoms with van der Waals surface area (Å²) >= 11 is 0. The Morgan fingerprint density at radius 1 is 1.32 bits per heavy atom. The predicted molar refractivity (Wildman–Crippen MR) is 70.0 cm³/mol. The molecule has 0 bridgehead atoms. The second-order valence-corrected chi connectivity index (χ2v) is 4.10. The van der Waals surface area contributed by atoms with Gasteiger partial charge in [-0.2, -0.15) is 0 Å². The van der Waals surface area contributed by atoms with Gasteiger partial charge in [-0.1, -0.05) is 23.8 Å². The molecule has 0 aliphatic heterocycles. The van der Waals surface area contributed by atoms with Gasteiger partial charge in [-0.05, 0) is 13.0 Å². The summed E-state index contributed by atoms with van der Waals surface area (Å²) < 4.78 is 5.23. The minimum Gasteiger partial charge on any atom is -0.490 e. The molecule has 1 N–H and O–H groups in total. The number of carbonyl (C=O) groups is 1. The zero-order valence-electron chi connectivity index (χ0n) is 10.5. The summed E-state index contributed by atoms with van der Waals surface area (Å²) in [6.45, 7) is 2.12. The van der Waals surface area contributed by atoms with E-state index in [2.05, 4.69) is 9.97 Å². The first-order valence-corrected chi connectivity index (χ1v) is 5.89. The molecule has 2 aromatic rings. The SMILES string of the molecule is Cc1cccc(-c2ncc(OCCC(=O)O)cn2)c1. The fourth-order valence-electron chi connectivity index (χ4n) is 1.58. The van der Waals surface area contributed by atoms with E-state index in [1.165, 1.54) is 0 Å². The average Bonchev–Trinajstić information content (AvgIpc) is 2.39. The van der Waals surface area contributed by atoms with Gasteiger partial charge in [0.25, 0.3) is 0 Å². The lowest BCUT2D eigenvalue weighted by atomic mass is 10.1. The summed E-state index contributed by atoms with van der Waals surface area (Å²) in [6.07, 6.45) is 3.05. The van der Waals surface area contributed by atoms with Crippen molar-refractivity contribution in [3.8, 4) is 17.1 Å². The van der Waals surface area contributed by atoms with Crippen LogP contribution in [-0.4, -0.2) is 27.7 Å². The van der Waals surface area contributed by atoms with Gasteiger partial charge in [0.05, 0.1) is 25.4 Å². The van der Waals surface area contributed by atoms with Crippen LogP contribution in [0.2, 0.25) is 0 Å². The number of nitrogens with zero attached hydrogens (tertiary/aromatic N) is 2. The smallest absolute Gasteiger partial charge is 0.306 e. The van der Waals surface area contributed by atoms with E-state index in [0.29, 0.717) is 11.6 Å². The Hall–Kier alpha value is -2.43. The maximum absolute atomic E-state index is 10.3. The van der Waals surface area contributed by atoms with Gasteiger partial charge in [-0.3, -0.25) is 4.79 Å². The highest BCUT2D eigenvalue weighted by Gasteiger charge is 2.03. The largest absolute Gasteiger partial charge is 0.490 e. The van der Waals surface area contributed by atoms with Crippen molar-refractivity contribution in [2.24, 2.45) is 0 Å². The number of benzene rings is 1. The Kier molecular flexibility index (Phi) is 4.07. The summed E-state index contributed by atoms with van der Waals surface area (Å²) in [6, 6.07) is 7.89. The van der Waals surface area contributed by atoms with Crippen LogP contribution in [0.5, 0.6) is 5.75 Å². The summed E-state index contributed by atoms with van der Waals surface area (Å²) in [5, 5.41) is 8.50. The van der Waals surface area contributed by atoms with Crippen LogP contribution in [0, 0.1) is 6.92 Å². The Morgan fingerprint density at radius 2 is 2.05 bits per heavy atom. The number of ether oxygens (including phenoxy) is 1. The third-order valence-electron chi connectivity index (χ3n) is 2.49. The fraction of sp³-hybridized carbons (Fsp3) is 0.214. The van der Waals surface area contributed by atoms with Crippen molar-refractivity contribution < 1.29 is 14.6 Å². The topological polar surface area (TPSA) is 72.3 Å². The van der Waals surface area contributed by atoms with Gasteiger partial charge in [0.2, 0.25) is 0 Å². The highest BCUT2D eigenvalue weighted by atomic mass is 16.5. The number of aliphatic carboxylic acids is 1. The number of hydrogen-bond acceptors (Lipinski definition) is 4. The molecule has 19 heavy (non-hydrogen) atoms. The molecule has 0 fully saturated rings. The molecule has 0 amide bonds. The fourth-order valence-corrected chi connectivity index (χ4v) is 1.58. The molecule has 5 nitrogen and oxygen atoms in total. The molecule has 98 valence electrons. The van der Waals surface area contributed by atoms with Crippen LogP contribution in [0.4, 0.5) is 0 Å². The van der Waals surface area contributed by atoms with Crippen molar-refractivity contribution in [1.29, 1.82) is 0 Å². The minimum absolute atomic E-state index is 0.0420. The Bertz CT molecular complexity index is 567. The van der Waals surface area contributed by atoms with Gasteiger partial charge in [-0.25, -0.2) is 9.97 Å². The third-order valence-corrected chi connectivity index (χ3v) is 2.49. The highest BCUT2D eigenvalue weighted by molar-refractivity contribution is 5.66. The van der Waals surface area contributed by atoms with E-state index >= 15 is 0 Å². The van der Waals surface area contributed by atoms with Crippen molar-refractivity contribution in [2.45, 2.75) is 13.3 Å². The highest BCUT2D eigenvalue weighted by Crippen LogP contribution is 2.17. The zero-order valence-corrected chi connectivity index (χ0v) is 10.5. The van der Waals surface area contributed by atoms with Gasteiger partial charge in [0.15, 0.2) is 11.6 Å². The van der Waals surface area contributed by atoms with Crippen molar-refractivity contribution in [3.05, 3.63) is 42.2 Å². The maximum Gasteiger partial charge on any atom is 0.306 e. The van der Waals surface area contributed by atoms with Crippen LogP contribution in [0.15, 0.2) is 36.7 Å².